The molecule has 3 heterocycles. The van der Waals surface area contributed by atoms with Crippen LogP contribution in [0, 0.1) is 0 Å². The summed E-state index contributed by atoms with van der Waals surface area (Å²) in [6.07, 6.45) is 0. The molecule has 0 spiro atoms. The summed E-state index contributed by atoms with van der Waals surface area (Å²) in [5, 5.41) is 1.15. The number of aromatic nitrogens is 5. The molecule has 0 saturated carbocycles. The van der Waals surface area contributed by atoms with E-state index < -0.39 is 0 Å². The molecule has 0 aliphatic rings. The first kappa shape index (κ1) is 34.6. The molecule has 11 aromatic rings. The summed E-state index contributed by atoms with van der Waals surface area (Å²) in [5.41, 5.74) is 14.7. The van der Waals surface area contributed by atoms with E-state index in [4.69, 9.17) is 24.9 Å². The van der Waals surface area contributed by atoms with E-state index >= 15 is 0 Å². The zero-order valence-electron chi connectivity index (χ0n) is 31.7. The van der Waals surface area contributed by atoms with Gasteiger partial charge in [0, 0.05) is 26.8 Å². The van der Waals surface area contributed by atoms with Gasteiger partial charge in [-0.1, -0.05) is 170 Å². The van der Waals surface area contributed by atoms with Gasteiger partial charge in [0.1, 0.15) is 10.3 Å². The fraction of sp³-hybridized carbons (Fsp3) is 0. The van der Waals surface area contributed by atoms with Crippen LogP contribution in [0.4, 0.5) is 0 Å². The second-order valence-corrected chi connectivity index (χ2v) is 15.6. The zero-order chi connectivity index (χ0) is 39.1. The molecule has 59 heavy (non-hydrogen) atoms. The number of nitrogens with zero attached hydrogens (tertiary/aromatic N) is 5. The Labute approximate surface area is 345 Å². The Morgan fingerprint density at radius 2 is 0.678 bits per heavy atom. The molecule has 0 aliphatic heterocycles. The average molecular weight is 772 g/mol. The van der Waals surface area contributed by atoms with Crippen LogP contribution < -0.4 is 0 Å². The Morgan fingerprint density at radius 1 is 0.271 bits per heavy atom. The highest BCUT2D eigenvalue weighted by Crippen LogP contribution is 2.35. The predicted molar refractivity (Wildman–Crippen MR) is 244 cm³/mol. The Bertz CT molecular complexity index is 3310. The van der Waals surface area contributed by atoms with Crippen LogP contribution in [-0.2, 0) is 0 Å². The lowest BCUT2D eigenvalue weighted by atomic mass is 9.96. The van der Waals surface area contributed by atoms with E-state index in [2.05, 4.69) is 164 Å². The molecular formula is C53H33N5S. The van der Waals surface area contributed by atoms with E-state index in [1.807, 2.05) is 36.4 Å². The van der Waals surface area contributed by atoms with Gasteiger partial charge in [-0.2, -0.15) is 0 Å². The molecule has 11 rings (SSSR count). The van der Waals surface area contributed by atoms with Crippen molar-refractivity contribution in [3.63, 3.8) is 0 Å². The zero-order valence-corrected chi connectivity index (χ0v) is 32.5. The van der Waals surface area contributed by atoms with E-state index in [0.717, 1.165) is 82.4 Å². The maximum absolute atomic E-state index is 5.09. The van der Waals surface area contributed by atoms with Gasteiger partial charge in [0.05, 0.1) is 11.0 Å². The molecule has 3 aromatic heterocycles. The van der Waals surface area contributed by atoms with Gasteiger partial charge in [-0.25, -0.2) is 24.9 Å². The Kier molecular flexibility index (Phi) is 8.60. The molecule has 0 atom stereocenters. The van der Waals surface area contributed by atoms with Crippen molar-refractivity contribution in [2.24, 2.45) is 0 Å². The first-order valence-corrected chi connectivity index (χ1v) is 20.4. The van der Waals surface area contributed by atoms with Crippen LogP contribution in [0.15, 0.2) is 200 Å². The third-order valence-corrected chi connectivity index (χ3v) is 11.8. The Hall–Kier alpha value is -7.67. The van der Waals surface area contributed by atoms with Gasteiger partial charge in [-0.3, -0.25) is 0 Å². The summed E-state index contributed by atoms with van der Waals surface area (Å²) < 4.78 is 1.21. The van der Waals surface area contributed by atoms with Gasteiger partial charge in [0.2, 0.25) is 0 Å². The van der Waals surface area contributed by atoms with Crippen molar-refractivity contribution in [3.8, 4) is 78.7 Å². The highest BCUT2D eigenvalue weighted by molar-refractivity contribution is 7.25. The van der Waals surface area contributed by atoms with Crippen LogP contribution in [0.5, 0.6) is 0 Å². The molecule has 276 valence electrons. The highest BCUT2D eigenvalue weighted by Gasteiger charge is 2.14. The van der Waals surface area contributed by atoms with Crippen LogP contribution in [0.1, 0.15) is 0 Å². The summed E-state index contributed by atoms with van der Waals surface area (Å²) in [7, 11) is 0. The quantitative estimate of drug-likeness (QED) is 0.161. The van der Waals surface area contributed by atoms with Gasteiger partial charge < -0.3 is 0 Å². The molecule has 8 aromatic carbocycles. The molecule has 5 nitrogen and oxygen atoms in total. The number of fused-ring (bicyclic) bond motifs is 4. The van der Waals surface area contributed by atoms with Crippen molar-refractivity contribution in [1.29, 1.82) is 0 Å². The standard InChI is InChI=1S/C53H33N5S/c1-3-11-34(12-4-1)35-21-25-38(26-22-35)51-56-50(37-13-5-2-6-14-37)57-52(58-51)39-27-23-36(24-28-39)40-15-9-16-41(31-40)42-17-10-18-43(32-42)44-29-30-46-47(33-44)54-49-45-19-7-8-20-48(45)59-53(49)55-46/h1-33H. The fourth-order valence-corrected chi connectivity index (χ4v) is 8.71. The molecular weight excluding hydrogens is 739 g/mol. The summed E-state index contributed by atoms with van der Waals surface area (Å²) in [5.74, 6) is 1.91. The van der Waals surface area contributed by atoms with Gasteiger partial charge >= 0.3 is 0 Å². The molecule has 0 saturated heterocycles. The summed E-state index contributed by atoms with van der Waals surface area (Å²) in [6.45, 7) is 0. The van der Waals surface area contributed by atoms with E-state index in [0.29, 0.717) is 17.5 Å². The number of thiophene rings is 1. The first-order valence-electron chi connectivity index (χ1n) is 19.6. The van der Waals surface area contributed by atoms with E-state index in [-0.39, 0.29) is 0 Å². The highest BCUT2D eigenvalue weighted by atomic mass is 32.1. The first-order chi connectivity index (χ1) is 29.2. The van der Waals surface area contributed by atoms with Gasteiger partial charge in [0.15, 0.2) is 17.5 Å². The van der Waals surface area contributed by atoms with Crippen LogP contribution in [0.25, 0.3) is 110 Å². The van der Waals surface area contributed by atoms with Crippen molar-refractivity contribution in [2.45, 2.75) is 0 Å². The minimum atomic E-state index is 0.630. The summed E-state index contributed by atoms with van der Waals surface area (Å²) >= 11 is 1.69. The summed E-state index contributed by atoms with van der Waals surface area (Å²) in [4.78, 5) is 25.9. The lowest BCUT2D eigenvalue weighted by Crippen LogP contribution is -2.00. The number of rotatable bonds is 7. The van der Waals surface area contributed by atoms with Crippen molar-refractivity contribution in [1.82, 2.24) is 24.9 Å². The molecule has 0 N–H and O–H groups in total. The van der Waals surface area contributed by atoms with Crippen LogP contribution in [-0.4, -0.2) is 24.9 Å². The molecule has 0 aliphatic carbocycles. The topological polar surface area (TPSA) is 64.5 Å². The van der Waals surface area contributed by atoms with E-state index in [1.54, 1.807) is 11.3 Å². The predicted octanol–water partition coefficient (Wildman–Crippen LogP) is 13.9. The molecule has 0 radical (unpaired) electrons. The summed E-state index contributed by atoms with van der Waals surface area (Å²) in [6, 6.07) is 69.6. The van der Waals surface area contributed by atoms with Crippen molar-refractivity contribution >= 4 is 42.8 Å². The molecule has 0 bridgehead atoms. The van der Waals surface area contributed by atoms with Gasteiger partial charge in [-0.05, 0) is 74.8 Å². The van der Waals surface area contributed by atoms with Crippen LogP contribution >= 0.6 is 11.3 Å². The molecule has 0 amide bonds. The number of hydrogen-bond acceptors (Lipinski definition) is 6. The van der Waals surface area contributed by atoms with Crippen LogP contribution in [0.3, 0.4) is 0 Å². The largest absolute Gasteiger partial charge is 0.243 e. The smallest absolute Gasteiger partial charge is 0.164 e. The second-order valence-electron chi connectivity index (χ2n) is 14.5. The Balaban J connectivity index is 0.892. The van der Waals surface area contributed by atoms with E-state index in [1.165, 1.54) is 10.3 Å². The maximum Gasteiger partial charge on any atom is 0.164 e. The third kappa shape index (κ3) is 6.71. The van der Waals surface area contributed by atoms with Crippen molar-refractivity contribution < 1.29 is 0 Å². The van der Waals surface area contributed by atoms with Crippen molar-refractivity contribution in [3.05, 3.63) is 200 Å². The number of benzene rings is 8. The third-order valence-electron chi connectivity index (χ3n) is 10.8. The second kappa shape index (κ2) is 14.7. The maximum atomic E-state index is 5.09. The lowest BCUT2D eigenvalue weighted by Gasteiger charge is -2.11. The SMILES string of the molecule is c1ccc(-c2ccc(-c3nc(-c4ccccc4)nc(-c4ccc(-c5cccc(-c6cccc(-c7ccc8nc9sc%10ccccc%10c9nc8c7)c6)c5)cc4)n3)cc2)cc1. The minimum absolute atomic E-state index is 0.630. The van der Waals surface area contributed by atoms with Gasteiger partial charge in [0.25, 0.3) is 0 Å². The lowest BCUT2D eigenvalue weighted by molar-refractivity contribution is 1.07. The van der Waals surface area contributed by atoms with Crippen LogP contribution in [0.2, 0.25) is 0 Å². The van der Waals surface area contributed by atoms with Gasteiger partial charge in [-0.15, -0.1) is 11.3 Å². The molecule has 0 fully saturated rings. The molecule has 6 heteroatoms. The molecule has 0 unspecified atom stereocenters. The normalized spacial score (nSPS) is 11.4. The fourth-order valence-electron chi connectivity index (χ4n) is 7.68. The monoisotopic (exact) mass is 771 g/mol. The minimum Gasteiger partial charge on any atom is -0.243 e. The average Bonchev–Trinajstić information content (AvgIpc) is 3.68. The van der Waals surface area contributed by atoms with E-state index in [9.17, 15) is 0 Å². The number of hydrogen-bond donors (Lipinski definition) is 0. The van der Waals surface area contributed by atoms with Crippen molar-refractivity contribution in [2.75, 3.05) is 0 Å². The Morgan fingerprint density at radius 3 is 1.27 bits per heavy atom.